The number of hydrogen-bond donors (Lipinski definition) is 2. The van der Waals surface area contributed by atoms with Crippen LogP contribution in [0.1, 0.15) is 24.0 Å². The van der Waals surface area contributed by atoms with Gasteiger partial charge in [-0.3, -0.25) is 0 Å². The van der Waals surface area contributed by atoms with E-state index in [0.29, 0.717) is 13.0 Å². The van der Waals surface area contributed by atoms with Gasteiger partial charge in [-0.2, -0.15) is 0 Å². The molecule has 0 heterocycles. The molecule has 4 nitrogen and oxygen atoms in total. The second-order valence-electron chi connectivity index (χ2n) is 4.76. The molecule has 0 spiro atoms. The Balaban J connectivity index is 2.27. The topological polar surface area (TPSA) is 58.2 Å². The van der Waals surface area contributed by atoms with E-state index < -0.39 is 10.0 Å². The molecule has 0 unspecified atom stereocenters. The minimum Gasteiger partial charge on any atom is -0.320 e. The second-order valence-corrected chi connectivity index (χ2v) is 6.69. The van der Waals surface area contributed by atoms with Gasteiger partial charge in [0.2, 0.25) is 10.0 Å². The highest BCUT2D eigenvalue weighted by Gasteiger charge is 2.08. The van der Waals surface area contributed by atoms with Crippen LogP contribution in [0.5, 0.6) is 0 Å². The first-order chi connectivity index (χ1) is 9.03. The molecule has 108 valence electrons. The summed E-state index contributed by atoms with van der Waals surface area (Å²) in [5, 5.41) is 3.01. The van der Waals surface area contributed by atoms with Crippen molar-refractivity contribution in [2.45, 2.75) is 26.2 Å². The summed E-state index contributed by atoms with van der Waals surface area (Å²) in [7, 11) is -1.25. The summed E-state index contributed by atoms with van der Waals surface area (Å²) in [4.78, 5) is 0. The lowest BCUT2D eigenvalue weighted by atomic mass is 10.1. The van der Waals surface area contributed by atoms with Crippen molar-refractivity contribution < 1.29 is 8.42 Å². The summed E-state index contributed by atoms with van der Waals surface area (Å²) in [6.07, 6.45) is 2.31. The van der Waals surface area contributed by atoms with Gasteiger partial charge in [-0.05, 0) is 45.3 Å². The van der Waals surface area contributed by atoms with Gasteiger partial charge in [-0.25, -0.2) is 13.1 Å². The minimum absolute atomic E-state index is 0.211. The molecular formula is C14H24N2O2S. The van der Waals surface area contributed by atoms with Crippen molar-refractivity contribution in [2.75, 3.05) is 25.9 Å². The first-order valence-electron chi connectivity index (χ1n) is 6.71. The number of hydrogen-bond acceptors (Lipinski definition) is 3. The van der Waals surface area contributed by atoms with Crippen LogP contribution in [0.2, 0.25) is 0 Å². The average Bonchev–Trinajstić information content (AvgIpc) is 2.35. The first kappa shape index (κ1) is 16.1. The van der Waals surface area contributed by atoms with Gasteiger partial charge < -0.3 is 5.32 Å². The minimum atomic E-state index is -3.12. The number of nitrogens with one attached hydrogen (secondary N) is 2. The molecule has 0 amide bonds. The zero-order valence-electron chi connectivity index (χ0n) is 11.8. The third-order valence-corrected chi connectivity index (χ3v) is 4.38. The fraction of sp³-hybridized carbons (Fsp3) is 0.571. The Hall–Kier alpha value is -0.910. The molecule has 0 saturated carbocycles. The molecule has 1 rings (SSSR count). The molecule has 0 atom stereocenters. The maximum absolute atomic E-state index is 11.7. The molecule has 0 fully saturated rings. The van der Waals surface area contributed by atoms with Crippen molar-refractivity contribution in [2.24, 2.45) is 0 Å². The predicted octanol–water partition coefficient (Wildman–Crippen LogP) is 1.46. The van der Waals surface area contributed by atoms with E-state index in [1.807, 2.05) is 32.2 Å². The number of rotatable bonds is 9. The van der Waals surface area contributed by atoms with E-state index in [4.69, 9.17) is 0 Å². The molecule has 1 aromatic carbocycles. The van der Waals surface area contributed by atoms with E-state index in [1.165, 1.54) is 5.56 Å². The van der Waals surface area contributed by atoms with Crippen molar-refractivity contribution in [3.63, 3.8) is 0 Å². The average molecular weight is 284 g/mol. The summed E-state index contributed by atoms with van der Waals surface area (Å²) in [5.41, 5.74) is 2.37. The van der Waals surface area contributed by atoms with Gasteiger partial charge in [0.25, 0.3) is 0 Å². The Morgan fingerprint density at radius 2 is 1.95 bits per heavy atom. The van der Waals surface area contributed by atoms with Crippen LogP contribution < -0.4 is 10.0 Å². The molecule has 5 heteroatoms. The van der Waals surface area contributed by atoms with Gasteiger partial charge in [-0.15, -0.1) is 0 Å². The van der Waals surface area contributed by atoms with Gasteiger partial charge in [0.05, 0.1) is 5.75 Å². The predicted molar refractivity (Wildman–Crippen MR) is 79.8 cm³/mol. The smallest absolute Gasteiger partial charge is 0.211 e. The van der Waals surface area contributed by atoms with E-state index in [9.17, 15) is 8.42 Å². The SMILES string of the molecule is CNCCCCS(=O)(=O)NCCc1cccc(C)c1. The Kier molecular flexibility index (Phi) is 7.05. The third kappa shape index (κ3) is 7.30. The standard InChI is InChI=1S/C14H24N2O2S/c1-13-6-5-7-14(12-13)8-10-16-19(17,18)11-4-3-9-15-2/h5-7,12,15-16H,3-4,8-11H2,1-2H3. The monoisotopic (exact) mass is 284 g/mol. The van der Waals surface area contributed by atoms with Crippen LogP contribution in [0.15, 0.2) is 24.3 Å². The van der Waals surface area contributed by atoms with Crippen molar-refractivity contribution >= 4 is 10.0 Å². The summed E-state index contributed by atoms with van der Waals surface area (Å²) < 4.78 is 26.1. The van der Waals surface area contributed by atoms with Crippen molar-refractivity contribution in [1.29, 1.82) is 0 Å². The van der Waals surface area contributed by atoms with Gasteiger partial charge >= 0.3 is 0 Å². The maximum atomic E-state index is 11.7. The summed E-state index contributed by atoms with van der Waals surface area (Å²) in [6.45, 7) is 3.37. The third-order valence-electron chi connectivity index (χ3n) is 2.91. The van der Waals surface area contributed by atoms with Crippen LogP contribution in [0.25, 0.3) is 0 Å². The number of aryl methyl sites for hydroxylation is 1. The van der Waals surface area contributed by atoms with Gasteiger partial charge in [0.15, 0.2) is 0 Å². The van der Waals surface area contributed by atoms with Crippen LogP contribution in [0.3, 0.4) is 0 Å². The van der Waals surface area contributed by atoms with Crippen LogP contribution in [-0.2, 0) is 16.4 Å². The molecule has 0 bridgehead atoms. The highest BCUT2D eigenvalue weighted by atomic mass is 32.2. The zero-order chi connectivity index (χ0) is 14.1. The molecule has 0 saturated heterocycles. The fourth-order valence-electron chi connectivity index (χ4n) is 1.88. The molecule has 0 aliphatic rings. The van der Waals surface area contributed by atoms with E-state index in [2.05, 4.69) is 16.1 Å². The van der Waals surface area contributed by atoms with Gasteiger partial charge in [0.1, 0.15) is 0 Å². The quantitative estimate of drug-likeness (QED) is 0.675. The molecule has 1 aromatic rings. The fourth-order valence-corrected chi connectivity index (χ4v) is 3.03. The van der Waals surface area contributed by atoms with E-state index in [1.54, 1.807) is 0 Å². The number of sulfonamides is 1. The van der Waals surface area contributed by atoms with Gasteiger partial charge in [-0.1, -0.05) is 29.8 Å². The Morgan fingerprint density at radius 1 is 1.16 bits per heavy atom. The van der Waals surface area contributed by atoms with Crippen LogP contribution in [-0.4, -0.2) is 34.3 Å². The lowest BCUT2D eigenvalue weighted by Crippen LogP contribution is -2.28. The largest absolute Gasteiger partial charge is 0.320 e. The summed E-state index contributed by atoms with van der Waals surface area (Å²) in [5.74, 6) is 0.211. The molecular weight excluding hydrogens is 260 g/mol. The Bertz CT molecular complexity index is 472. The molecule has 0 aliphatic carbocycles. The number of benzene rings is 1. The second kappa shape index (κ2) is 8.30. The lowest BCUT2D eigenvalue weighted by Gasteiger charge is -2.07. The molecule has 0 aromatic heterocycles. The van der Waals surface area contributed by atoms with Crippen molar-refractivity contribution in [1.82, 2.24) is 10.0 Å². The van der Waals surface area contributed by atoms with Gasteiger partial charge in [0, 0.05) is 6.54 Å². The van der Waals surface area contributed by atoms with E-state index >= 15 is 0 Å². The summed E-state index contributed by atoms with van der Waals surface area (Å²) >= 11 is 0. The van der Waals surface area contributed by atoms with Crippen LogP contribution in [0, 0.1) is 6.92 Å². The molecule has 0 radical (unpaired) electrons. The maximum Gasteiger partial charge on any atom is 0.211 e. The first-order valence-corrected chi connectivity index (χ1v) is 8.36. The van der Waals surface area contributed by atoms with Crippen LogP contribution >= 0.6 is 0 Å². The summed E-state index contributed by atoms with van der Waals surface area (Å²) in [6, 6.07) is 8.14. The van der Waals surface area contributed by atoms with Crippen molar-refractivity contribution in [3.8, 4) is 0 Å². The Morgan fingerprint density at radius 3 is 2.63 bits per heavy atom. The van der Waals surface area contributed by atoms with E-state index in [-0.39, 0.29) is 5.75 Å². The Labute approximate surface area is 116 Å². The molecule has 0 aliphatic heterocycles. The number of unbranched alkanes of at least 4 members (excludes halogenated alkanes) is 1. The highest BCUT2D eigenvalue weighted by molar-refractivity contribution is 7.89. The zero-order valence-corrected chi connectivity index (χ0v) is 12.6. The normalized spacial score (nSPS) is 11.7. The lowest BCUT2D eigenvalue weighted by molar-refractivity contribution is 0.576. The van der Waals surface area contributed by atoms with E-state index in [0.717, 1.165) is 24.9 Å². The van der Waals surface area contributed by atoms with Crippen LogP contribution in [0.4, 0.5) is 0 Å². The highest BCUT2D eigenvalue weighted by Crippen LogP contribution is 2.04. The molecule has 2 N–H and O–H groups in total. The van der Waals surface area contributed by atoms with Crippen molar-refractivity contribution in [3.05, 3.63) is 35.4 Å². The molecule has 19 heavy (non-hydrogen) atoms.